The van der Waals surface area contributed by atoms with Gasteiger partial charge < -0.3 is 11.1 Å². The van der Waals surface area contributed by atoms with Gasteiger partial charge in [-0.2, -0.15) is 13.2 Å². The lowest BCUT2D eigenvalue weighted by Gasteiger charge is -2.26. The van der Waals surface area contributed by atoms with E-state index in [-0.39, 0.29) is 10.2 Å². The van der Waals surface area contributed by atoms with E-state index in [9.17, 15) is 22.4 Å². The molecule has 1 aromatic rings. The van der Waals surface area contributed by atoms with Gasteiger partial charge >= 0.3 is 6.18 Å². The Balaban J connectivity index is 3.03. The number of hydrogen-bond acceptors (Lipinski definition) is 2. The van der Waals surface area contributed by atoms with Crippen LogP contribution in [-0.4, -0.2) is 17.6 Å². The largest absolute Gasteiger partial charge is 0.415 e. The molecule has 1 amide bonds. The smallest absolute Gasteiger partial charge is 0.321 e. The second-order valence-electron chi connectivity index (χ2n) is 3.75. The number of hydrogen-bond donors (Lipinski definition) is 2. The molecule has 0 aliphatic heterocycles. The minimum absolute atomic E-state index is 0.119. The standard InChI is InChI=1S/C10H9BrF4N2O/c1-9(16,10(13,14)15)8(18)17-7-5(11)3-2-4-6(7)12/h2-4H,16H2,1H3,(H,17,18). The van der Waals surface area contributed by atoms with Crippen molar-refractivity contribution >= 4 is 27.5 Å². The maximum absolute atomic E-state index is 13.3. The van der Waals surface area contributed by atoms with E-state index in [0.29, 0.717) is 6.92 Å². The third kappa shape index (κ3) is 2.81. The Morgan fingerprint density at radius 1 is 1.39 bits per heavy atom. The first-order chi connectivity index (χ1) is 8.07. The van der Waals surface area contributed by atoms with E-state index >= 15 is 0 Å². The van der Waals surface area contributed by atoms with Gasteiger partial charge in [0.2, 0.25) is 0 Å². The van der Waals surface area contributed by atoms with Crippen molar-refractivity contribution in [2.75, 3.05) is 5.32 Å². The van der Waals surface area contributed by atoms with Gasteiger partial charge in [-0.3, -0.25) is 4.79 Å². The molecule has 0 saturated heterocycles. The van der Waals surface area contributed by atoms with Crippen LogP contribution in [0.1, 0.15) is 6.92 Å². The zero-order valence-electron chi connectivity index (χ0n) is 9.11. The molecule has 0 radical (unpaired) electrons. The zero-order valence-corrected chi connectivity index (χ0v) is 10.7. The lowest BCUT2D eigenvalue weighted by atomic mass is 10.0. The predicted molar refractivity (Wildman–Crippen MR) is 61.4 cm³/mol. The lowest BCUT2D eigenvalue weighted by molar-refractivity contribution is -0.184. The molecule has 3 N–H and O–H groups in total. The maximum Gasteiger partial charge on any atom is 0.415 e. The lowest BCUT2D eigenvalue weighted by Crippen LogP contribution is -2.59. The number of para-hydroxylation sites is 1. The summed E-state index contributed by atoms with van der Waals surface area (Å²) in [5.74, 6) is -2.41. The number of rotatable bonds is 2. The molecule has 0 fully saturated rings. The van der Waals surface area contributed by atoms with Crippen LogP contribution in [-0.2, 0) is 4.79 Å². The third-order valence-corrected chi connectivity index (χ3v) is 2.92. The Labute approximate surface area is 108 Å². The Morgan fingerprint density at radius 2 is 1.94 bits per heavy atom. The Bertz CT molecular complexity index is 453. The van der Waals surface area contributed by atoms with E-state index in [4.69, 9.17) is 5.73 Å². The van der Waals surface area contributed by atoms with Crippen molar-refractivity contribution in [3.63, 3.8) is 0 Å². The quantitative estimate of drug-likeness (QED) is 0.820. The maximum atomic E-state index is 13.3. The third-order valence-electron chi connectivity index (χ3n) is 2.26. The molecule has 0 bridgehead atoms. The summed E-state index contributed by atoms with van der Waals surface area (Å²) in [7, 11) is 0. The van der Waals surface area contributed by atoms with Gasteiger partial charge in [0.15, 0.2) is 5.54 Å². The summed E-state index contributed by atoms with van der Waals surface area (Å²) in [6, 6.07) is 3.71. The van der Waals surface area contributed by atoms with Crippen molar-refractivity contribution in [1.82, 2.24) is 0 Å². The number of anilines is 1. The zero-order chi connectivity index (χ0) is 14.1. The molecule has 100 valence electrons. The summed E-state index contributed by atoms with van der Waals surface area (Å²) in [6.07, 6.45) is -4.94. The van der Waals surface area contributed by atoms with Gasteiger partial charge in [0, 0.05) is 4.47 Å². The van der Waals surface area contributed by atoms with Crippen LogP contribution in [0.25, 0.3) is 0 Å². The van der Waals surface area contributed by atoms with E-state index in [1.54, 1.807) is 0 Å². The molecule has 1 rings (SSSR count). The molecular formula is C10H9BrF4N2O. The van der Waals surface area contributed by atoms with Crippen LogP contribution in [0.3, 0.4) is 0 Å². The van der Waals surface area contributed by atoms with Crippen molar-refractivity contribution in [1.29, 1.82) is 0 Å². The van der Waals surface area contributed by atoms with Gasteiger partial charge in [-0.25, -0.2) is 4.39 Å². The molecule has 3 nitrogen and oxygen atoms in total. The van der Waals surface area contributed by atoms with Crippen LogP contribution in [0.4, 0.5) is 23.2 Å². The second-order valence-corrected chi connectivity index (χ2v) is 4.61. The Hall–Kier alpha value is -1.15. The van der Waals surface area contributed by atoms with Crippen molar-refractivity contribution in [3.05, 3.63) is 28.5 Å². The first-order valence-electron chi connectivity index (χ1n) is 4.68. The fourth-order valence-corrected chi connectivity index (χ4v) is 1.43. The predicted octanol–water partition coefficient (Wildman–Crippen LogP) is 2.81. The molecule has 1 unspecified atom stereocenters. The fraction of sp³-hybridized carbons (Fsp3) is 0.300. The number of halogens is 5. The highest BCUT2D eigenvalue weighted by atomic mass is 79.9. The normalized spacial score (nSPS) is 15.1. The van der Waals surface area contributed by atoms with Crippen molar-refractivity contribution in [2.45, 2.75) is 18.6 Å². The minimum atomic E-state index is -4.94. The number of carbonyl (C=O) groups excluding carboxylic acids is 1. The van der Waals surface area contributed by atoms with E-state index < -0.39 is 23.4 Å². The van der Waals surface area contributed by atoms with Gasteiger partial charge in [-0.05, 0) is 35.0 Å². The summed E-state index contributed by atoms with van der Waals surface area (Å²) in [5, 5.41) is 1.82. The number of carbonyl (C=O) groups is 1. The van der Waals surface area contributed by atoms with E-state index in [1.165, 1.54) is 12.1 Å². The summed E-state index contributed by atoms with van der Waals surface area (Å²) < 4.78 is 50.9. The van der Waals surface area contributed by atoms with Gasteiger partial charge in [0.1, 0.15) is 5.82 Å². The van der Waals surface area contributed by atoms with E-state index in [2.05, 4.69) is 15.9 Å². The molecular weight excluding hydrogens is 320 g/mol. The average Bonchev–Trinajstić information content (AvgIpc) is 2.21. The van der Waals surface area contributed by atoms with Crippen molar-refractivity contribution in [2.24, 2.45) is 5.73 Å². The average molecular weight is 329 g/mol. The molecule has 1 atom stereocenters. The molecule has 0 aliphatic carbocycles. The van der Waals surface area contributed by atoms with Crippen molar-refractivity contribution < 1.29 is 22.4 Å². The number of alkyl halides is 3. The molecule has 0 spiro atoms. The first-order valence-corrected chi connectivity index (χ1v) is 5.47. The molecule has 0 saturated carbocycles. The first kappa shape index (κ1) is 14.9. The van der Waals surface area contributed by atoms with Crippen LogP contribution in [0.2, 0.25) is 0 Å². The Kier molecular flexibility index (Phi) is 4.02. The summed E-state index contributed by atoms with van der Waals surface area (Å²) >= 11 is 2.92. The van der Waals surface area contributed by atoms with Crippen LogP contribution in [0.15, 0.2) is 22.7 Å². The highest BCUT2D eigenvalue weighted by Gasteiger charge is 2.54. The van der Waals surface area contributed by atoms with E-state index in [1.807, 2.05) is 5.32 Å². The molecule has 0 aromatic heterocycles. The highest BCUT2D eigenvalue weighted by Crippen LogP contribution is 2.31. The fourth-order valence-electron chi connectivity index (χ4n) is 0.989. The number of benzene rings is 1. The van der Waals surface area contributed by atoms with Crippen LogP contribution < -0.4 is 11.1 Å². The van der Waals surface area contributed by atoms with Crippen LogP contribution in [0.5, 0.6) is 0 Å². The van der Waals surface area contributed by atoms with Gasteiger partial charge in [-0.1, -0.05) is 6.07 Å². The molecule has 0 aliphatic rings. The second kappa shape index (κ2) is 4.85. The molecule has 0 heterocycles. The molecule has 1 aromatic carbocycles. The van der Waals surface area contributed by atoms with Crippen LogP contribution >= 0.6 is 15.9 Å². The molecule has 18 heavy (non-hydrogen) atoms. The van der Waals surface area contributed by atoms with Gasteiger partial charge in [0.25, 0.3) is 5.91 Å². The van der Waals surface area contributed by atoms with Crippen molar-refractivity contribution in [3.8, 4) is 0 Å². The minimum Gasteiger partial charge on any atom is -0.321 e. The summed E-state index contributed by atoms with van der Waals surface area (Å²) in [4.78, 5) is 11.4. The Morgan fingerprint density at radius 3 is 2.39 bits per heavy atom. The van der Waals surface area contributed by atoms with Gasteiger partial charge in [0.05, 0.1) is 5.69 Å². The monoisotopic (exact) mass is 328 g/mol. The van der Waals surface area contributed by atoms with Crippen LogP contribution in [0, 0.1) is 5.82 Å². The highest BCUT2D eigenvalue weighted by molar-refractivity contribution is 9.10. The summed E-state index contributed by atoms with van der Waals surface area (Å²) in [5.41, 5.74) is 1.42. The topological polar surface area (TPSA) is 55.1 Å². The number of nitrogens with two attached hydrogens (primary N) is 1. The number of nitrogens with one attached hydrogen (secondary N) is 1. The number of amides is 1. The SMILES string of the molecule is CC(N)(C(=O)Nc1c(F)cccc1Br)C(F)(F)F. The van der Waals surface area contributed by atoms with E-state index in [0.717, 1.165) is 6.07 Å². The van der Waals surface area contributed by atoms with Gasteiger partial charge in [-0.15, -0.1) is 0 Å². The molecule has 8 heteroatoms. The summed E-state index contributed by atoms with van der Waals surface area (Å²) in [6.45, 7) is 0.511.